The average molecular weight is 353 g/mol. The summed E-state index contributed by atoms with van der Waals surface area (Å²) in [5.41, 5.74) is 0. The van der Waals surface area contributed by atoms with Crippen LogP contribution in [-0.4, -0.2) is 30.1 Å². The van der Waals surface area contributed by atoms with Crippen LogP contribution >= 0.6 is 0 Å². The van der Waals surface area contributed by atoms with E-state index >= 15 is 0 Å². The van der Waals surface area contributed by atoms with E-state index in [0.29, 0.717) is 12.8 Å². The topological polar surface area (TPSA) is 63.6 Å². The molecule has 1 N–H and O–H groups in total. The SMILES string of the molecule is CCCCCCCC[C@@H]1C=CC(=O)[C@H]1[C@H](O)CCCCCC(=O)OC. The standard InChI is InChI=1S/C21H36O4/c1-3-4-5-6-7-9-12-17-15-16-19(23)21(17)18(22)13-10-8-11-14-20(24)25-2/h15-18,21-22H,3-14H2,1-2H3/t17-,18-,21-/m1/s1. The molecule has 3 atom stereocenters. The van der Waals surface area contributed by atoms with Crippen molar-refractivity contribution in [2.45, 2.75) is 90.1 Å². The Balaban J connectivity index is 2.23. The molecule has 1 aliphatic rings. The van der Waals surface area contributed by atoms with Crippen molar-refractivity contribution >= 4 is 11.8 Å². The Kier molecular flexibility index (Phi) is 11.5. The molecule has 4 heteroatoms. The molecule has 0 aliphatic heterocycles. The molecule has 0 unspecified atom stereocenters. The number of allylic oxidation sites excluding steroid dienone is 2. The molecule has 0 saturated heterocycles. The van der Waals surface area contributed by atoms with Crippen LogP contribution in [0.2, 0.25) is 0 Å². The molecule has 1 aliphatic carbocycles. The highest BCUT2D eigenvalue weighted by Gasteiger charge is 2.34. The predicted molar refractivity (Wildman–Crippen MR) is 100 cm³/mol. The highest BCUT2D eigenvalue weighted by molar-refractivity contribution is 5.95. The quantitative estimate of drug-likeness (QED) is 0.367. The maximum Gasteiger partial charge on any atom is 0.305 e. The van der Waals surface area contributed by atoms with Gasteiger partial charge in [0, 0.05) is 6.42 Å². The minimum atomic E-state index is -0.564. The van der Waals surface area contributed by atoms with E-state index < -0.39 is 6.10 Å². The fourth-order valence-electron chi connectivity index (χ4n) is 3.65. The van der Waals surface area contributed by atoms with Gasteiger partial charge in [-0.2, -0.15) is 0 Å². The summed E-state index contributed by atoms with van der Waals surface area (Å²) in [6.07, 6.45) is 15.1. The molecule has 1 rings (SSSR count). The summed E-state index contributed by atoms with van der Waals surface area (Å²) in [6, 6.07) is 0. The zero-order chi connectivity index (χ0) is 18.5. The van der Waals surface area contributed by atoms with Gasteiger partial charge in [0.2, 0.25) is 0 Å². The van der Waals surface area contributed by atoms with Crippen LogP contribution < -0.4 is 0 Å². The molecule has 0 aromatic rings. The smallest absolute Gasteiger partial charge is 0.305 e. The van der Waals surface area contributed by atoms with E-state index in [1.807, 2.05) is 6.08 Å². The van der Waals surface area contributed by atoms with E-state index in [9.17, 15) is 14.7 Å². The average Bonchev–Trinajstić information content (AvgIpc) is 2.97. The Morgan fingerprint density at radius 2 is 1.80 bits per heavy atom. The molecular weight excluding hydrogens is 316 g/mol. The van der Waals surface area contributed by atoms with Crippen LogP contribution in [0.25, 0.3) is 0 Å². The first-order chi connectivity index (χ1) is 12.1. The van der Waals surface area contributed by atoms with Gasteiger partial charge < -0.3 is 9.84 Å². The highest BCUT2D eigenvalue weighted by atomic mass is 16.5. The normalized spacial score (nSPS) is 20.8. The summed E-state index contributed by atoms with van der Waals surface area (Å²) in [5.74, 6) is -0.159. The Hall–Kier alpha value is -1.16. The lowest BCUT2D eigenvalue weighted by atomic mass is 9.83. The Morgan fingerprint density at radius 3 is 2.52 bits per heavy atom. The first-order valence-electron chi connectivity index (χ1n) is 10.1. The van der Waals surface area contributed by atoms with Gasteiger partial charge >= 0.3 is 5.97 Å². The van der Waals surface area contributed by atoms with Crippen molar-refractivity contribution in [1.82, 2.24) is 0 Å². The van der Waals surface area contributed by atoms with Crippen LogP contribution in [0.4, 0.5) is 0 Å². The first kappa shape index (κ1) is 21.9. The third-order valence-corrected chi connectivity index (χ3v) is 5.21. The fraction of sp³-hybridized carbons (Fsp3) is 0.810. The second-order valence-electron chi connectivity index (χ2n) is 7.25. The predicted octanol–water partition coefficient (Wildman–Crippen LogP) is 4.59. The maximum atomic E-state index is 12.1. The minimum Gasteiger partial charge on any atom is -0.469 e. The van der Waals surface area contributed by atoms with Crippen LogP contribution in [0.15, 0.2) is 12.2 Å². The molecule has 0 saturated carbocycles. The third kappa shape index (κ3) is 8.66. The summed E-state index contributed by atoms with van der Waals surface area (Å²) in [5, 5.41) is 10.5. The number of aliphatic hydroxyl groups is 1. The molecule has 4 nitrogen and oxygen atoms in total. The van der Waals surface area contributed by atoms with Crippen molar-refractivity contribution in [1.29, 1.82) is 0 Å². The molecule has 0 aromatic heterocycles. The summed E-state index contributed by atoms with van der Waals surface area (Å²) < 4.78 is 4.61. The van der Waals surface area contributed by atoms with Crippen LogP contribution in [-0.2, 0) is 14.3 Å². The van der Waals surface area contributed by atoms with Crippen molar-refractivity contribution < 1.29 is 19.4 Å². The van der Waals surface area contributed by atoms with E-state index in [1.54, 1.807) is 6.08 Å². The number of esters is 1. The number of carbonyl (C=O) groups excluding carboxylic acids is 2. The Bertz CT molecular complexity index is 416. The largest absolute Gasteiger partial charge is 0.469 e. The second kappa shape index (κ2) is 13.1. The number of carbonyl (C=O) groups is 2. The molecule has 0 spiro atoms. The van der Waals surface area contributed by atoms with Crippen molar-refractivity contribution in [2.75, 3.05) is 7.11 Å². The second-order valence-corrected chi connectivity index (χ2v) is 7.25. The van der Waals surface area contributed by atoms with E-state index in [2.05, 4.69) is 11.7 Å². The number of unbranched alkanes of at least 4 members (excludes halogenated alkanes) is 7. The summed E-state index contributed by atoms with van der Waals surface area (Å²) in [6.45, 7) is 2.22. The van der Waals surface area contributed by atoms with Crippen LogP contribution in [0, 0.1) is 11.8 Å². The lowest BCUT2D eigenvalue weighted by molar-refractivity contribution is -0.140. The number of methoxy groups -OCH3 is 1. The lowest BCUT2D eigenvalue weighted by Crippen LogP contribution is -2.30. The zero-order valence-corrected chi connectivity index (χ0v) is 16.0. The summed E-state index contributed by atoms with van der Waals surface area (Å²) >= 11 is 0. The van der Waals surface area contributed by atoms with Crippen molar-refractivity contribution in [3.8, 4) is 0 Å². The van der Waals surface area contributed by atoms with Crippen molar-refractivity contribution in [3.05, 3.63) is 12.2 Å². The monoisotopic (exact) mass is 352 g/mol. The molecular formula is C21H36O4. The zero-order valence-electron chi connectivity index (χ0n) is 16.0. The molecule has 0 radical (unpaired) electrons. The molecule has 0 heterocycles. The third-order valence-electron chi connectivity index (χ3n) is 5.21. The van der Waals surface area contributed by atoms with Gasteiger partial charge in [0.05, 0.1) is 19.1 Å². The Morgan fingerprint density at radius 1 is 1.12 bits per heavy atom. The van der Waals surface area contributed by atoms with Gasteiger partial charge in [-0.1, -0.05) is 64.4 Å². The van der Waals surface area contributed by atoms with E-state index in [-0.39, 0.29) is 23.6 Å². The summed E-state index contributed by atoms with van der Waals surface area (Å²) in [7, 11) is 1.40. The number of hydrogen-bond acceptors (Lipinski definition) is 4. The number of rotatable bonds is 14. The van der Waals surface area contributed by atoms with Crippen molar-refractivity contribution in [2.24, 2.45) is 11.8 Å². The van der Waals surface area contributed by atoms with E-state index in [4.69, 9.17) is 0 Å². The van der Waals surface area contributed by atoms with Gasteiger partial charge in [0.15, 0.2) is 5.78 Å². The van der Waals surface area contributed by atoms with Gasteiger partial charge in [0.1, 0.15) is 0 Å². The van der Waals surface area contributed by atoms with Gasteiger partial charge in [0.25, 0.3) is 0 Å². The van der Waals surface area contributed by atoms with Gasteiger partial charge in [-0.25, -0.2) is 0 Å². The molecule has 0 aromatic carbocycles. The van der Waals surface area contributed by atoms with Crippen LogP contribution in [0.3, 0.4) is 0 Å². The maximum absolute atomic E-state index is 12.1. The molecule has 144 valence electrons. The molecule has 25 heavy (non-hydrogen) atoms. The number of hydrogen-bond donors (Lipinski definition) is 1. The van der Waals surface area contributed by atoms with Gasteiger partial charge in [-0.05, 0) is 31.3 Å². The lowest BCUT2D eigenvalue weighted by Gasteiger charge is -2.23. The summed E-state index contributed by atoms with van der Waals surface area (Å²) in [4.78, 5) is 23.2. The van der Waals surface area contributed by atoms with Gasteiger partial charge in [-0.15, -0.1) is 0 Å². The number of ketones is 1. The van der Waals surface area contributed by atoms with Crippen molar-refractivity contribution in [3.63, 3.8) is 0 Å². The molecule has 0 amide bonds. The van der Waals surface area contributed by atoms with Crippen LogP contribution in [0.1, 0.15) is 84.0 Å². The molecule has 0 bridgehead atoms. The van der Waals surface area contributed by atoms with E-state index in [1.165, 1.54) is 39.2 Å². The highest BCUT2D eigenvalue weighted by Crippen LogP contribution is 2.32. The van der Waals surface area contributed by atoms with Crippen LogP contribution in [0.5, 0.6) is 0 Å². The number of aliphatic hydroxyl groups excluding tert-OH is 1. The number of ether oxygens (including phenoxy) is 1. The Labute approximate surface area is 153 Å². The fourth-order valence-corrected chi connectivity index (χ4v) is 3.65. The molecule has 0 fully saturated rings. The van der Waals surface area contributed by atoms with E-state index in [0.717, 1.165) is 32.1 Å². The minimum absolute atomic E-state index is 0.0815. The van der Waals surface area contributed by atoms with Gasteiger partial charge in [-0.3, -0.25) is 9.59 Å². The first-order valence-corrected chi connectivity index (χ1v) is 10.1.